The number of rotatable bonds is 5. The third-order valence-electron chi connectivity index (χ3n) is 11.3. The highest BCUT2D eigenvalue weighted by Gasteiger charge is 2.71. The van der Waals surface area contributed by atoms with Crippen molar-refractivity contribution in [1.82, 2.24) is 0 Å². The summed E-state index contributed by atoms with van der Waals surface area (Å²) in [7, 11) is 0. The molecule has 5 heteroatoms. The number of aliphatic hydroxyl groups excluding tert-OH is 1. The lowest BCUT2D eigenvalue weighted by atomic mass is 9.44. The van der Waals surface area contributed by atoms with Crippen molar-refractivity contribution in [3.63, 3.8) is 0 Å². The molecule has 5 nitrogen and oxygen atoms in total. The van der Waals surface area contributed by atoms with Crippen LogP contribution in [0.15, 0.2) is 11.6 Å². The van der Waals surface area contributed by atoms with Crippen LogP contribution >= 0.6 is 0 Å². The van der Waals surface area contributed by atoms with Gasteiger partial charge in [-0.05, 0) is 94.6 Å². The Morgan fingerprint density at radius 3 is 2.27 bits per heavy atom. The Balaban J connectivity index is 1.64. The highest BCUT2D eigenvalue weighted by molar-refractivity contribution is 5.95. The van der Waals surface area contributed by atoms with E-state index in [1.165, 1.54) is 0 Å². The molecule has 3 saturated carbocycles. The number of aliphatic hydroxyl groups is 4. The van der Waals surface area contributed by atoms with Crippen molar-refractivity contribution in [1.29, 1.82) is 0 Å². The van der Waals surface area contributed by atoms with Gasteiger partial charge in [-0.3, -0.25) is 4.79 Å². The maximum Gasteiger partial charge on any atom is 0.159 e. The van der Waals surface area contributed by atoms with Gasteiger partial charge in [0.15, 0.2) is 5.78 Å². The highest BCUT2D eigenvalue weighted by atomic mass is 16.3. The van der Waals surface area contributed by atoms with E-state index in [1.54, 1.807) is 6.08 Å². The number of carbonyl (C=O) groups excluding carboxylic acids is 1. The lowest BCUT2D eigenvalue weighted by Gasteiger charge is -2.63. The van der Waals surface area contributed by atoms with Crippen LogP contribution in [0, 0.1) is 34.5 Å². The van der Waals surface area contributed by atoms with Crippen LogP contribution in [0.4, 0.5) is 0 Å². The number of hydrogen-bond donors (Lipinski definition) is 4. The fourth-order valence-corrected chi connectivity index (χ4v) is 8.30. The minimum atomic E-state index is -1.20. The van der Waals surface area contributed by atoms with E-state index in [-0.39, 0.29) is 23.0 Å². The topological polar surface area (TPSA) is 98.0 Å². The second kappa shape index (κ2) is 7.88. The van der Waals surface area contributed by atoms with E-state index in [2.05, 4.69) is 20.8 Å². The quantitative estimate of drug-likeness (QED) is 0.492. The summed E-state index contributed by atoms with van der Waals surface area (Å²) in [6.07, 6.45) is 7.32. The van der Waals surface area contributed by atoms with Crippen LogP contribution in [0.25, 0.3) is 0 Å². The second-order valence-electron chi connectivity index (χ2n) is 13.3. The monoisotopic (exact) mass is 462 g/mol. The first kappa shape index (κ1) is 25.3. The lowest BCUT2D eigenvalue weighted by Crippen LogP contribution is -2.68. The van der Waals surface area contributed by atoms with Gasteiger partial charge in [0.2, 0.25) is 0 Å². The molecule has 33 heavy (non-hydrogen) atoms. The predicted octanol–water partition coefficient (Wildman–Crippen LogP) is 4.16. The van der Waals surface area contributed by atoms with E-state index < -0.39 is 28.3 Å². The molecular weight excluding hydrogens is 416 g/mol. The highest BCUT2D eigenvalue weighted by Crippen LogP contribution is 2.69. The van der Waals surface area contributed by atoms with Crippen molar-refractivity contribution in [2.45, 2.75) is 122 Å². The maximum absolute atomic E-state index is 13.3. The average molecular weight is 463 g/mol. The average Bonchev–Trinajstić information content (AvgIpc) is 3.00. The zero-order chi connectivity index (χ0) is 24.6. The smallest absolute Gasteiger partial charge is 0.159 e. The summed E-state index contributed by atoms with van der Waals surface area (Å²) in [4.78, 5) is 13.3. The molecule has 0 aromatic heterocycles. The van der Waals surface area contributed by atoms with Crippen molar-refractivity contribution >= 4 is 5.78 Å². The standard InChI is InChI=1S/C28H46O5/c1-17(7-8-18(2)24(3,4)31)20-10-12-27(32)23-16-22(30)21-15-19(29)9-11-25(21,5)28(23,33)14-13-26(20,27)6/h16-21,29,31-33H,7-15H2,1-6H3/t17-,18+,19+,20-,21-,25+,26-,27-,28-/m1/s1. The van der Waals surface area contributed by atoms with Crippen molar-refractivity contribution in [2.75, 3.05) is 0 Å². The first-order valence-corrected chi connectivity index (χ1v) is 13.2. The van der Waals surface area contributed by atoms with Gasteiger partial charge in [0.25, 0.3) is 0 Å². The molecule has 0 aliphatic heterocycles. The zero-order valence-electron chi connectivity index (χ0n) is 21.5. The largest absolute Gasteiger partial charge is 0.393 e. The van der Waals surface area contributed by atoms with Gasteiger partial charge in [0, 0.05) is 16.7 Å². The van der Waals surface area contributed by atoms with Gasteiger partial charge in [-0.25, -0.2) is 0 Å². The molecule has 9 atom stereocenters. The number of allylic oxidation sites excluding steroid dienone is 1. The molecule has 0 bridgehead atoms. The Bertz CT molecular complexity index is 829. The molecule has 4 N–H and O–H groups in total. The third-order valence-corrected chi connectivity index (χ3v) is 11.3. The normalized spacial score (nSPS) is 47.3. The Kier molecular flexibility index (Phi) is 6.05. The van der Waals surface area contributed by atoms with Crippen LogP contribution < -0.4 is 0 Å². The summed E-state index contributed by atoms with van der Waals surface area (Å²) in [6.45, 7) is 12.3. The van der Waals surface area contributed by atoms with Gasteiger partial charge in [-0.2, -0.15) is 0 Å². The van der Waals surface area contributed by atoms with Crippen LogP contribution in [-0.2, 0) is 4.79 Å². The van der Waals surface area contributed by atoms with Crippen LogP contribution in [0.3, 0.4) is 0 Å². The first-order chi connectivity index (χ1) is 15.1. The van der Waals surface area contributed by atoms with Crippen molar-refractivity contribution in [2.24, 2.45) is 34.5 Å². The molecule has 188 valence electrons. The third kappa shape index (κ3) is 3.51. The molecule has 0 radical (unpaired) electrons. The summed E-state index contributed by atoms with van der Waals surface area (Å²) in [6, 6.07) is 0. The fraction of sp³-hybridized carbons (Fsp3) is 0.893. The molecule has 4 aliphatic carbocycles. The van der Waals surface area contributed by atoms with E-state index in [4.69, 9.17) is 0 Å². The van der Waals surface area contributed by atoms with Gasteiger partial charge in [-0.1, -0.05) is 34.1 Å². The fourth-order valence-electron chi connectivity index (χ4n) is 8.30. The van der Waals surface area contributed by atoms with Crippen molar-refractivity contribution < 1.29 is 25.2 Å². The summed E-state index contributed by atoms with van der Waals surface area (Å²) in [5, 5.41) is 45.0. The summed E-state index contributed by atoms with van der Waals surface area (Å²) in [5.74, 6) is 0.456. The SMILES string of the molecule is C[C@H](CC[C@H](C)C(C)(C)O)[C@H]1CC[C@@]2(O)C3=CC(=O)[C@H]4C[C@@H](O)CC[C@]4(C)[C@@]3(O)CC[C@]12C. The van der Waals surface area contributed by atoms with E-state index in [1.807, 2.05) is 20.8 Å². The summed E-state index contributed by atoms with van der Waals surface area (Å²) < 4.78 is 0. The Morgan fingerprint density at radius 1 is 1.00 bits per heavy atom. The zero-order valence-corrected chi connectivity index (χ0v) is 21.5. The van der Waals surface area contributed by atoms with Crippen LogP contribution in [0.1, 0.15) is 99.3 Å². The molecule has 0 spiro atoms. The Labute approximate surface area is 199 Å². The molecule has 4 aliphatic rings. The van der Waals surface area contributed by atoms with E-state index >= 15 is 0 Å². The number of ketones is 1. The number of hydrogen-bond acceptors (Lipinski definition) is 5. The predicted molar refractivity (Wildman–Crippen MR) is 128 cm³/mol. The number of carbonyl (C=O) groups is 1. The van der Waals surface area contributed by atoms with Gasteiger partial charge in [-0.15, -0.1) is 0 Å². The minimum absolute atomic E-state index is 0.0379. The first-order valence-electron chi connectivity index (χ1n) is 13.2. The molecule has 4 rings (SSSR count). The second-order valence-corrected chi connectivity index (χ2v) is 13.3. The molecule has 3 fully saturated rings. The molecule has 0 saturated heterocycles. The van der Waals surface area contributed by atoms with Gasteiger partial charge >= 0.3 is 0 Å². The van der Waals surface area contributed by atoms with Gasteiger partial charge < -0.3 is 20.4 Å². The van der Waals surface area contributed by atoms with Gasteiger partial charge in [0.1, 0.15) is 0 Å². The molecule has 0 aromatic rings. The molecule has 0 unspecified atom stereocenters. The number of fused-ring (bicyclic) bond motifs is 5. The molecular formula is C28H46O5. The molecule has 0 amide bonds. The molecule has 0 heterocycles. The molecule has 0 aromatic carbocycles. The minimum Gasteiger partial charge on any atom is -0.393 e. The summed E-state index contributed by atoms with van der Waals surface area (Å²) in [5.41, 5.74) is -3.55. The maximum atomic E-state index is 13.3. The van der Waals surface area contributed by atoms with E-state index in [0.717, 1.165) is 25.7 Å². The van der Waals surface area contributed by atoms with Crippen molar-refractivity contribution in [3.8, 4) is 0 Å². The van der Waals surface area contributed by atoms with E-state index in [0.29, 0.717) is 49.5 Å². The Morgan fingerprint density at radius 2 is 1.64 bits per heavy atom. The van der Waals surface area contributed by atoms with Crippen LogP contribution in [0.5, 0.6) is 0 Å². The Hall–Kier alpha value is -0.750. The van der Waals surface area contributed by atoms with E-state index in [9.17, 15) is 25.2 Å². The van der Waals surface area contributed by atoms with Crippen LogP contribution in [0.2, 0.25) is 0 Å². The van der Waals surface area contributed by atoms with Crippen LogP contribution in [-0.4, -0.2) is 49.1 Å². The summed E-state index contributed by atoms with van der Waals surface area (Å²) >= 11 is 0. The van der Waals surface area contributed by atoms with Gasteiger partial charge in [0.05, 0.1) is 22.9 Å². The lowest BCUT2D eigenvalue weighted by molar-refractivity contribution is -0.192. The van der Waals surface area contributed by atoms with Crippen molar-refractivity contribution in [3.05, 3.63) is 11.6 Å².